The van der Waals surface area contributed by atoms with Gasteiger partial charge in [-0.05, 0) is 31.9 Å². The van der Waals surface area contributed by atoms with E-state index >= 15 is 0 Å². The lowest BCUT2D eigenvalue weighted by atomic mass is 10.2. The van der Waals surface area contributed by atoms with Crippen LogP contribution in [-0.4, -0.2) is 46.5 Å². The largest absolute Gasteiger partial charge is 0.495 e. The molecule has 1 N–H and O–H groups in total. The number of aromatic nitrogens is 2. The highest BCUT2D eigenvalue weighted by atomic mass is 32.2. The Morgan fingerprint density at radius 3 is 2.69 bits per heavy atom. The van der Waals surface area contributed by atoms with Crippen molar-refractivity contribution in [3.63, 3.8) is 0 Å². The molecule has 2 heterocycles. The van der Waals surface area contributed by atoms with Crippen LogP contribution >= 0.6 is 23.1 Å². The summed E-state index contributed by atoms with van der Waals surface area (Å²) in [7, 11) is 1.64. The third-order valence-electron chi connectivity index (χ3n) is 4.30. The van der Waals surface area contributed by atoms with Crippen molar-refractivity contribution in [1.29, 1.82) is 0 Å². The Bertz CT molecular complexity index is 729. The van der Waals surface area contributed by atoms with Crippen LogP contribution in [0.5, 0.6) is 5.75 Å². The SMILES string of the molecule is COc1ccccc1Nc1nnc(SC(C)C(=O)N2CCCCCC2)s1. The number of thioether (sulfide) groups is 1. The van der Waals surface area contributed by atoms with E-state index in [2.05, 4.69) is 15.5 Å². The molecule has 1 fully saturated rings. The summed E-state index contributed by atoms with van der Waals surface area (Å²) >= 11 is 2.92. The summed E-state index contributed by atoms with van der Waals surface area (Å²) < 4.78 is 6.13. The topological polar surface area (TPSA) is 67.3 Å². The number of rotatable bonds is 6. The van der Waals surface area contributed by atoms with E-state index in [-0.39, 0.29) is 11.2 Å². The molecule has 8 heteroatoms. The van der Waals surface area contributed by atoms with Crippen LogP contribution in [0, 0.1) is 0 Å². The molecule has 6 nitrogen and oxygen atoms in total. The average Bonchev–Trinajstić information content (AvgIpc) is 2.92. The molecule has 1 aliphatic heterocycles. The monoisotopic (exact) mass is 392 g/mol. The molecule has 26 heavy (non-hydrogen) atoms. The Labute approximate surface area is 162 Å². The molecule has 1 amide bonds. The van der Waals surface area contributed by atoms with Crippen LogP contribution in [0.1, 0.15) is 32.6 Å². The second-order valence-electron chi connectivity index (χ2n) is 6.20. The van der Waals surface area contributed by atoms with Gasteiger partial charge in [0.2, 0.25) is 11.0 Å². The Balaban J connectivity index is 1.59. The van der Waals surface area contributed by atoms with E-state index in [1.165, 1.54) is 35.9 Å². The maximum atomic E-state index is 12.7. The number of carbonyl (C=O) groups is 1. The standard InChI is InChI=1S/C18H24N4O2S2/c1-13(16(23)22-11-7-3-4-8-12-22)25-18-21-20-17(26-18)19-14-9-5-6-10-15(14)24-2/h5-6,9-10,13H,3-4,7-8,11-12H2,1-2H3,(H,19,20). The van der Waals surface area contributed by atoms with Crippen molar-refractivity contribution in [2.75, 3.05) is 25.5 Å². The molecular formula is C18H24N4O2S2. The van der Waals surface area contributed by atoms with E-state index in [9.17, 15) is 4.79 Å². The first-order valence-corrected chi connectivity index (χ1v) is 10.6. The summed E-state index contributed by atoms with van der Waals surface area (Å²) in [6, 6.07) is 7.67. The lowest BCUT2D eigenvalue weighted by molar-refractivity contribution is -0.130. The zero-order valence-corrected chi connectivity index (χ0v) is 16.7. The van der Waals surface area contributed by atoms with Crippen molar-refractivity contribution < 1.29 is 9.53 Å². The molecule has 1 aliphatic rings. The van der Waals surface area contributed by atoms with Crippen molar-refractivity contribution >= 4 is 39.8 Å². The van der Waals surface area contributed by atoms with Crippen molar-refractivity contribution in [2.45, 2.75) is 42.2 Å². The quantitative estimate of drug-likeness (QED) is 0.744. The Morgan fingerprint density at radius 2 is 1.96 bits per heavy atom. The second-order valence-corrected chi connectivity index (χ2v) is 8.76. The number of nitrogens with zero attached hydrogens (tertiary/aromatic N) is 3. The van der Waals surface area contributed by atoms with Crippen molar-refractivity contribution in [1.82, 2.24) is 15.1 Å². The predicted molar refractivity (Wildman–Crippen MR) is 107 cm³/mol. The van der Waals surface area contributed by atoms with Crippen LogP contribution in [0.15, 0.2) is 28.6 Å². The van der Waals surface area contributed by atoms with E-state index in [1.807, 2.05) is 36.1 Å². The van der Waals surface area contributed by atoms with Crippen LogP contribution in [0.3, 0.4) is 0 Å². The highest BCUT2D eigenvalue weighted by Crippen LogP contribution is 2.33. The number of anilines is 2. The summed E-state index contributed by atoms with van der Waals surface area (Å²) in [6.45, 7) is 3.70. The first kappa shape index (κ1) is 19.0. The number of hydrogen-bond acceptors (Lipinski definition) is 7. The predicted octanol–water partition coefficient (Wildman–Crippen LogP) is 4.17. The molecule has 0 aliphatic carbocycles. The van der Waals surface area contributed by atoms with Gasteiger partial charge in [-0.25, -0.2) is 0 Å². The minimum Gasteiger partial charge on any atom is -0.495 e. The summed E-state index contributed by atoms with van der Waals surface area (Å²) in [6.07, 6.45) is 4.66. The number of amides is 1. The van der Waals surface area contributed by atoms with Crippen LogP contribution in [-0.2, 0) is 4.79 Å². The molecule has 1 atom stereocenters. The molecule has 0 spiro atoms. The molecule has 2 aromatic rings. The number of ether oxygens (including phenoxy) is 1. The molecule has 1 unspecified atom stereocenters. The number of para-hydroxylation sites is 2. The highest BCUT2D eigenvalue weighted by Gasteiger charge is 2.23. The summed E-state index contributed by atoms with van der Waals surface area (Å²) in [5.74, 6) is 0.952. The minimum atomic E-state index is -0.153. The van der Waals surface area contributed by atoms with E-state index in [0.29, 0.717) is 5.13 Å². The van der Waals surface area contributed by atoms with Crippen molar-refractivity contribution in [3.8, 4) is 5.75 Å². The van der Waals surface area contributed by atoms with Gasteiger partial charge in [0.25, 0.3) is 0 Å². The van der Waals surface area contributed by atoms with Gasteiger partial charge in [-0.3, -0.25) is 4.79 Å². The molecule has 1 aromatic carbocycles. The van der Waals surface area contributed by atoms with Gasteiger partial charge in [0.1, 0.15) is 5.75 Å². The fourth-order valence-corrected chi connectivity index (χ4v) is 4.91. The van der Waals surface area contributed by atoms with Crippen LogP contribution in [0.4, 0.5) is 10.8 Å². The van der Waals surface area contributed by atoms with Gasteiger partial charge < -0.3 is 15.0 Å². The van der Waals surface area contributed by atoms with Gasteiger partial charge in [0, 0.05) is 13.1 Å². The summed E-state index contributed by atoms with van der Waals surface area (Å²) in [5.41, 5.74) is 0.844. The van der Waals surface area contributed by atoms with E-state index < -0.39 is 0 Å². The minimum absolute atomic E-state index is 0.153. The fraction of sp³-hybridized carbons (Fsp3) is 0.500. The fourth-order valence-electron chi connectivity index (χ4n) is 2.92. The van der Waals surface area contributed by atoms with Crippen molar-refractivity contribution in [3.05, 3.63) is 24.3 Å². The number of nitrogens with one attached hydrogen (secondary N) is 1. The van der Waals surface area contributed by atoms with Crippen LogP contribution in [0.25, 0.3) is 0 Å². The summed E-state index contributed by atoms with van der Waals surface area (Å²) in [5, 5.41) is 12.2. The molecule has 0 saturated carbocycles. The normalized spacial score (nSPS) is 16.0. The molecule has 0 bridgehead atoms. The van der Waals surface area contributed by atoms with Gasteiger partial charge in [-0.2, -0.15) is 0 Å². The van der Waals surface area contributed by atoms with Gasteiger partial charge in [-0.1, -0.05) is 48.1 Å². The Kier molecular flexibility index (Phi) is 6.73. The Morgan fingerprint density at radius 1 is 1.23 bits per heavy atom. The zero-order valence-electron chi connectivity index (χ0n) is 15.1. The lowest BCUT2D eigenvalue weighted by Gasteiger charge is -2.23. The van der Waals surface area contributed by atoms with Gasteiger partial charge in [-0.15, -0.1) is 10.2 Å². The number of hydrogen-bond donors (Lipinski definition) is 1. The molecule has 3 rings (SSSR count). The number of carbonyl (C=O) groups excluding carboxylic acids is 1. The van der Waals surface area contributed by atoms with Crippen molar-refractivity contribution in [2.24, 2.45) is 0 Å². The zero-order chi connectivity index (χ0) is 18.4. The van der Waals surface area contributed by atoms with Crippen LogP contribution < -0.4 is 10.1 Å². The average molecular weight is 393 g/mol. The number of methoxy groups -OCH3 is 1. The molecule has 1 aromatic heterocycles. The Hall–Kier alpha value is -1.80. The maximum absolute atomic E-state index is 12.7. The smallest absolute Gasteiger partial charge is 0.235 e. The lowest BCUT2D eigenvalue weighted by Crippen LogP contribution is -2.37. The van der Waals surface area contributed by atoms with E-state index in [0.717, 1.165) is 41.7 Å². The molecule has 0 radical (unpaired) electrons. The second kappa shape index (κ2) is 9.23. The highest BCUT2D eigenvalue weighted by molar-refractivity contribution is 8.02. The first-order valence-electron chi connectivity index (χ1n) is 8.86. The number of likely N-dealkylation sites (tertiary alicyclic amines) is 1. The maximum Gasteiger partial charge on any atom is 0.235 e. The van der Waals surface area contributed by atoms with Gasteiger partial charge in [0.05, 0.1) is 18.0 Å². The third-order valence-corrected chi connectivity index (χ3v) is 6.31. The van der Waals surface area contributed by atoms with E-state index in [4.69, 9.17) is 4.74 Å². The molecule has 1 saturated heterocycles. The van der Waals surface area contributed by atoms with Crippen LogP contribution in [0.2, 0.25) is 0 Å². The van der Waals surface area contributed by atoms with Gasteiger partial charge in [0.15, 0.2) is 4.34 Å². The third kappa shape index (κ3) is 4.88. The first-order chi connectivity index (χ1) is 12.7. The molecular weight excluding hydrogens is 368 g/mol. The molecule has 140 valence electrons. The van der Waals surface area contributed by atoms with Gasteiger partial charge >= 0.3 is 0 Å². The number of benzene rings is 1. The van der Waals surface area contributed by atoms with E-state index in [1.54, 1.807) is 7.11 Å². The summed E-state index contributed by atoms with van der Waals surface area (Å²) in [4.78, 5) is 14.7.